The first-order valence-corrected chi connectivity index (χ1v) is 8.74. The molecule has 2 atom stereocenters. The minimum absolute atomic E-state index is 0.201. The molecule has 1 spiro atoms. The van der Waals surface area contributed by atoms with Crippen molar-refractivity contribution >= 4 is 11.6 Å². The number of nitrogens with one attached hydrogen (secondary N) is 1. The molecular formula is C21H20FNO4. The fourth-order valence-electron chi connectivity index (χ4n) is 3.65. The number of rotatable bonds is 4. The topological polar surface area (TPSA) is 56.8 Å². The summed E-state index contributed by atoms with van der Waals surface area (Å²) in [5.74, 6) is 0.615. The van der Waals surface area contributed by atoms with Crippen molar-refractivity contribution in [2.45, 2.75) is 25.0 Å². The highest BCUT2D eigenvalue weighted by Gasteiger charge is 2.51. The number of halogens is 1. The molecule has 0 aliphatic carbocycles. The molecule has 1 amide bonds. The Bertz CT molecular complexity index is 909. The van der Waals surface area contributed by atoms with Gasteiger partial charge in [-0.3, -0.25) is 4.79 Å². The lowest BCUT2D eigenvalue weighted by atomic mass is 9.85. The van der Waals surface area contributed by atoms with E-state index in [0.29, 0.717) is 17.7 Å². The zero-order valence-corrected chi connectivity index (χ0v) is 15.1. The summed E-state index contributed by atoms with van der Waals surface area (Å²) < 4.78 is 31.2. The molecule has 27 heavy (non-hydrogen) atoms. The van der Waals surface area contributed by atoms with Gasteiger partial charge < -0.3 is 19.5 Å². The van der Waals surface area contributed by atoms with Gasteiger partial charge in [0, 0.05) is 12.0 Å². The van der Waals surface area contributed by atoms with Gasteiger partial charge in [0.05, 0.1) is 12.8 Å². The molecule has 2 heterocycles. The van der Waals surface area contributed by atoms with E-state index in [0.717, 1.165) is 11.3 Å². The molecule has 2 aliphatic heterocycles. The SMILES string of the molecule is COc1ccc(OC[C@H]2C=C(C)C[C@@]3(O2)C(=O)Nc2c(F)cccc23)cc1. The molecule has 0 saturated heterocycles. The van der Waals surface area contributed by atoms with E-state index in [4.69, 9.17) is 14.2 Å². The summed E-state index contributed by atoms with van der Waals surface area (Å²) in [5.41, 5.74) is 0.516. The Morgan fingerprint density at radius 3 is 2.70 bits per heavy atom. The average Bonchev–Trinajstić information content (AvgIpc) is 2.93. The van der Waals surface area contributed by atoms with Crippen molar-refractivity contribution in [2.24, 2.45) is 0 Å². The lowest BCUT2D eigenvalue weighted by Crippen LogP contribution is -2.44. The summed E-state index contributed by atoms with van der Waals surface area (Å²) in [6, 6.07) is 11.9. The third-order valence-corrected chi connectivity index (χ3v) is 4.88. The molecule has 2 aromatic carbocycles. The Balaban J connectivity index is 1.56. The first-order valence-electron chi connectivity index (χ1n) is 8.74. The van der Waals surface area contributed by atoms with Crippen molar-refractivity contribution < 1.29 is 23.4 Å². The number of amides is 1. The Hall–Kier alpha value is -2.86. The van der Waals surface area contributed by atoms with Gasteiger partial charge in [-0.2, -0.15) is 0 Å². The van der Waals surface area contributed by atoms with Crippen LogP contribution >= 0.6 is 0 Å². The van der Waals surface area contributed by atoms with E-state index in [2.05, 4.69) is 5.32 Å². The number of fused-ring (bicyclic) bond motifs is 2. The van der Waals surface area contributed by atoms with Crippen molar-refractivity contribution in [3.05, 3.63) is 65.5 Å². The predicted octanol–water partition coefficient (Wildman–Crippen LogP) is 3.80. The van der Waals surface area contributed by atoms with E-state index in [1.165, 1.54) is 6.07 Å². The predicted molar refractivity (Wildman–Crippen MR) is 98.4 cm³/mol. The maximum atomic E-state index is 14.1. The van der Waals surface area contributed by atoms with Crippen LogP contribution in [0.2, 0.25) is 0 Å². The molecule has 2 aliphatic rings. The minimum atomic E-state index is -1.22. The van der Waals surface area contributed by atoms with Crippen molar-refractivity contribution in [3.63, 3.8) is 0 Å². The molecule has 0 unspecified atom stereocenters. The summed E-state index contributed by atoms with van der Waals surface area (Å²) in [5, 5.41) is 2.63. The maximum absolute atomic E-state index is 14.1. The van der Waals surface area contributed by atoms with E-state index in [9.17, 15) is 9.18 Å². The fraction of sp³-hybridized carbons (Fsp3) is 0.286. The molecule has 5 nitrogen and oxygen atoms in total. The Labute approximate surface area is 156 Å². The van der Waals surface area contributed by atoms with Gasteiger partial charge in [-0.15, -0.1) is 0 Å². The summed E-state index contributed by atoms with van der Waals surface area (Å²) >= 11 is 0. The zero-order valence-electron chi connectivity index (χ0n) is 15.1. The number of ether oxygens (including phenoxy) is 3. The third kappa shape index (κ3) is 3.06. The van der Waals surface area contributed by atoms with E-state index in [1.54, 1.807) is 31.4 Å². The highest BCUT2D eigenvalue weighted by atomic mass is 19.1. The lowest BCUT2D eigenvalue weighted by Gasteiger charge is -2.35. The van der Waals surface area contributed by atoms with Crippen LogP contribution in [0.4, 0.5) is 10.1 Å². The molecule has 0 saturated carbocycles. The van der Waals surface area contributed by atoms with E-state index in [-0.39, 0.29) is 18.2 Å². The summed E-state index contributed by atoms with van der Waals surface area (Å²) in [7, 11) is 1.60. The second-order valence-corrected chi connectivity index (χ2v) is 6.78. The summed E-state index contributed by atoms with van der Waals surface area (Å²) in [6.45, 7) is 2.18. The number of anilines is 1. The van der Waals surface area contributed by atoms with Crippen LogP contribution in [0.25, 0.3) is 0 Å². The highest BCUT2D eigenvalue weighted by molar-refractivity contribution is 6.05. The Morgan fingerprint density at radius 2 is 1.96 bits per heavy atom. The maximum Gasteiger partial charge on any atom is 0.261 e. The van der Waals surface area contributed by atoms with Crippen LogP contribution in [0, 0.1) is 5.82 Å². The number of methoxy groups -OCH3 is 1. The summed E-state index contributed by atoms with van der Waals surface area (Å²) in [4.78, 5) is 12.7. The van der Waals surface area contributed by atoms with Gasteiger partial charge in [0.1, 0.15) is 30.0 Å². The fourth-order valence-corrected chi connectivity index (χ4v) is 3.65. The molecular weight excluding hydrogens is 349 g/mol. The van der Waals surface area contributed by atoms with Gasteiger partial charge in [0.15, 0.2) is 5.60 Å². The first-order chi connectivity index (χ1) is 13.0. The lowest BCUT2D eigenvalue weighted by molar-refractivity contribution is -0.151. The van der Waals surface area contributed by atoms with Gasteiger partial charge in [-0.1, -0.05) is 23.8 Å². The Morgan fingerprint density at radius 1 is 1.22 bits per heavy atom. The van der Waals surface area contributed by atoms with Gasteiger partial charge >= 0.3 is 0 Å². The van der Waals surface area contributed by atoms with Gasteiger partial charge in [-0.25, -0.2) is 4.39 Å². The van der Waals surface area contributed by atoms with Gasteiger partial charge in [0.25, 0.3) is 5.91 Å². The number of carbonyl (C=O) groups excluding carboxylic acids is 1. The quantitative estimate of drug-likeness (QED) is 0.833. The monoisotopic (exact) mass is 369 g/mol. The van der Waals surface area contributed by atoms with Crippen LogP contribution in [0.5, 0.6) is 11.5 Å². The Kier molecular flexibility index (Phi) is 4.36. The van der Waals surface area contributed by atoms with E-state index in [1.807, 2.05) is 25.1 Å². The number of carbonyl (C=O) groups is 1. The van der Waals surface area contributed by atoms with Crippen molar-refractivity contribution in [2.75, 3.05) is 19.0 Å². The van der Waals surface area contributed by atoms with Crippen LogP contribution in [0.15, 0.2) is 54.1 Å². The van der Waals surface area contributed by atoms with Crippen LogP contribution in [0.3, 0.4) is 0 Å². The number of hydrogen-bond acceptors (Lipinski definition) is 4. The van der Waals surface area contributed by atoms with Crippen LogP contribution in [0.1, 0.15) is 18.9 Å². The second-order valence-electron chi connectivity index (χ2n) is 6.78. The second kappa shape index (κ2) is 6.70. The number of benzene rings is 2. The normalized spacial score (nSPS) is 23.6. The standard InChI is InChI=1S/C21H20FNO4/c1-13-10-16(12-26-15-8-6-14(25-2)7-9-15)27-21(11-13)17-4-3-5-18(22)19(17)23-20(21)24/h3-10,16H,11-12H2,1-2H3,(H,23,24)/t16-,21+/m1/s1. The molecule has 140 valence electrons. The number of hydrogen-bond donors (Lipinski definition) is 1. The molecule has 1 N–H and O–H groups in total. The molecule has 0 radical (unpaired) electrons. The molecule has 2 aromatic rings. The van der Waals surface area contributed by atoms with Crippen LogP contribution in [-0.2, 0) is 15.1 Å². The third-order valence-electron chi connectivity index (χ3n) is 4.88. The molecule has 4 rings (SSSR count). The highest BCUT2D eigenvalue weighted by Crippen LogP contribution is 2.46. The van der Waals surface area contributed by atoms with Gasteiger partial charge in [0.2, 0.25) is 0 Å². The largest absolute Gasteiger partial charge is 0.497 e. The van der Waals surface area contributed by atoms with Crippen molar-refractivity contribution in [1.29, 1.82) is 0 Å². The molecule has 0 bridgehead atoms. The van der Waals surface area contributed by atoms with Crippen LogP contribution < -0.4 is 14.8 Å². The zero-order chi connectivity index (χ0) is 19.0. The average molecular weight is 369 g/mol. The first kappa shape index (κ1) is 17.5. The van der Waals surface area contributed by atoms with E-state index < -0.39 is 17.5 Å². The summed E-state index contributed by atoms with van der Waals surface area (Å²) in [6.07, 6.45) is 1.90. The van der Waals surface area contributed by atoms with Crippen molar-refractivity contribution in [3.8, 4) is 11.5 Å². The van der Waals surface area contributed by atoms with Gasteiger partial charge in [-0.05, 0) is 37.3 Å². The van der Waals surface area contributed by atoms with E-state index >= 15 is 0 Å². The number of para-hydroxylation sites is 1. The van der Waals surface area contributed by atoms with Crippen molar-refractivity contribution in [1.82, 2.24) is 0 Å². The smallest absolute Gasteiger partial charge is 0.261 e. The molecule has 0 aromatic heterocycles. The molecule has 0 fully saturated rings. The minimum Gasteiger partial charge on any atom is -0.497 e. The van der Waals surface area contributed by atoms with Crippen LogP contribution in [-0.4, -0.2) is 25.7 Å². The molecule has 6 heteroatoms.